The van der Waals surface area contributed by atoms with Crippen LogP contribution in [0.4, 0.5) is 0 Å². The van der Waals surface area contributed by atoms with Crippen molar-refractivity contribution in [2.45, 2.75) is 52.4 Å². The van der Waals surface area contributed by atoms with Crippen molar-refractivity contribution < 1.29 is 0 Å². The topological polar surface area (TPSA) is 0 Å². The number of hydrogen-bond donors (Lipinski definition) is 0. The van der Waals surface area contributed by atoms with E-state index in [1.54, 1.807) is 11.1 Å². The summed E-state index contributed by atoms with van der Waals surface area (Å²) in [6.45, 7) is 4.73. The van der Waals surface area contributed by atoms with Crippen LogP contribution in [0.25, 0.3) is 0 Å². The smallest absolute Gasteiger partial charge is 0.0277 e. The first kappa shape index (κ1) is 10.0. The Bertz CT molecular complexity index is 229. The van der Waals surface area contributed by atoms with Crippen LogP contribution >= 0.6 is 0 Å². The van der Waals surface area contributed by atoms with E-state index in [9.17, 15) is 0 Å². The van der Waals surface area contributed by atoms with Crippen molar-refractivity contribution in [3.8, 4) is 0 Å². The van der Waals surface area contributed by atoms with Crippen molar-refractivity contribution in [3.05, 3.63) is 23.3 Å². The molecule has 0 N–H and O–H groups in total. The third-order valence-electron chi connectivity index (χ3n) is 3.76. The molecular weight excluding hydrogens is 168 g/mol. The van der Waals surface area contributed by atoms with E-state index in [2.05, 4.69) is 26.0 Å². The SMILES string of the molecule is CC1CC=C(C2=CCC(C)CC2)CC1. The summed E-state index contributed by atoms with van der Waals surface area (Å²) >= 11 is 0. The highest BCUT2D eigenvalue weighted by Gasteiger charge is 2.16. The van der Waals surface area contributed by atoms with Gasteiger partial charge in [0.25, 0.3) is 0 Å². The lowest BCUT2D eigenvalue weighted by atomic mass is 9.82. The first-order chi connectivity index (χ1) is 6.75. The maximum Gasteiger partial charge on any atom is -0.0277 e. The van der Waals surface area contributed by atoms with E-state index >= 15 is 0 Å². The number of hydrogen-bond acceptors (Lipinski definition) is 0. The Balaban J connectivity index is 2.02. The summed E-state index contributed by atoms with van der Waals surface area (Å²) in [6.07, 6.45) is 13.1. The lowest BCUT2D eigenvalue weighted by molar-refractivity contribution is 0.493. The molecule has 2 aliphatic rings. The molecule has 0 bridgehead atoms. The van der Waals surface area contributed by atoms with Crippen LogP contribution in [-0.2, 0) is 0 Å². The summed E-state index contributed by atoms with van der Waals surface area (Å²) in [4.78, 5) is 0. The van der Waals surface area contributed by atoms with Crippen molar-refractivity contribution in [2.24, 2.45) is 11.8 Å². The Morgan fingerprint density at radius 3 is 1.57 bits per heavy atom. The molecule has 0 radical (unpaired) electrons. The standard InChI is InChI=1S/C14H22/c1-11-3-7-13(8-4-11)14-9-5-12(2)6-10-14/h7,9,11-12H,3-6,8,10H2,1-2H3. The van der Waals surface area contributed by atoms with Crippen LogP contribution in [0.3, 0.4) is 0 Å². The van der Waals surface area contributed by atoms with Gasteiger partial charge in [0.05, 0.1) is 0 Å². The highest BCUT2D eigenvalue weighted by Crippen LogP contribution is 2.33. The largest absolute Gasteiger partial charge is 0.0808 e. The molecule has 0 fully saturated rings. The second-order valence-electron chi connectivity index (χ2n) is 5.22. The molecular formula is C14H22. The second kappa shape index (κ2) is 4.33. The van der Waals surface area contributed by atoms with Crippen LogP contribution in [0.5, 0.6) is 0 Å². The minimum absolute atomic E-state index is 0.918. The van der Waals surface area contributed by atoms with Crippen molar-refractivity contribution in [3.63, 3.8) is 0 Å². The molecule has 0 nitrogen and oxygen atoms in total. The van der Waals surface area contributed by atoms with Crippen LogP contribution in [0.1, 0.15) is 52.4 Å². The lowest BCUT2D eigenvalue weighted by Gasteiger charge is -2.24. The predicted octanol–water partition coefficient (Wildman–Crippen LogP) is 4.48. The summed E-state index contributed by atoms with van der Waals surface area (Å²) in [5, 5.41) is 0. The zero-order valence-electron chi connectivity index (χ0n) is 9.55. The first-order valence-electron chi connectivity index (χ1n) is 6.14. The van der Waals surface area contributed by atoms with Crippen molar-refractivity contribution in [1.82, 2.24) is 0 Å². The molecule has 2 aliphatic carbocycles. The maximum absolute atomic E-state index is 2.50. The van der Waals surface area contributed by atoms with Crippen LogP contribution in [0.15, 0.2) is 23.3 Å². The molecule has 0 saturated heterocycles. The van der Waals surface area contributed by atoms with Crippen molar-refractivity contribution in [2.75, 3.05) is 0 Å². The van der Waals surface area contributed by atoms with Gasteiger partial charge in [0.15, 0.2) is 0 Å². The third-order valence-corrected chi connectivity index (χ3v) is 3.76. The second-order valence-corrected chi connectivity index (χ2v) is 5.22. The molecule has 0 aromatic heterocycles. The zero-order chi connectivity index (χ0) is 9.97. The molecule has 0 heteroatoms. The molecule has 2 atom stereocenters. The molecule has 78 valence electrons. The summed E-state index contributed by atoms with van der Waals surface area (Å²) in [5.41, 5.74) is 3.35. The summed E-state index contributed by atoms with van der Waals surface area (Å²) < 4.78 is 0. The Morgan fingerprint density at radius 1 is 0.857 bits per heavy atom. The van der Waals surface area contributed by atoms with Crippen LogP contribution in [0.2, 0.25) is 0 Å². The van der Waals surface area contributed by atoms with Gasteiger partial charge in [-0.15, -0.1) is 0 Å². The third kappa shape index (κ3) is 2.29. The quantitative estimate of drug-likeness (QED) is 0.572. The average molecular weight is 190 g/mol. The highest BCUT2D eigenvalue weighted by molar-refractivity contribution is 5.33. The predicted molar refractivity (Wildman–Crippen MR) is 62.2 cm³/mol. The fourth-order valence-corrected chi connectivity index (χ4v) is 2.51. The van der Waals surface area contributed by atoms with Gasteiger partial charge in [-0.2, -0.15) is 0 Å². The van der Waals surface area contributed by atoms with Gasteiger partial charge in [0, 0.05) is 0 Å². The van der Waals surface area contributed by atoms with E-state index < -0.39 is 0 Å². The Kier molecular flexibility index (Phi) is 3.10. The van der Waals surface area contributed by atoms with Gasteiger partial charge in [0.1, 0.15) is 0 Å². The fourth-order valence-electron chi connectivity index (χ4n) is 2.51. The first-order valence-corrected chi connectivity index (χ1v) is 6.14. The van der Waals surface area contributed by atoms with E-state index in [-0.39, 0.29) is 0 Å². The minimum atomic E-state index is 0.918. The van der Waals surface area contributed by atoms with Crippen LogP contribution < -0.4 is 0 Å². The van der Waals surface area contributed by atoms with E-state index in [0.29, 0.717) is 0 Å². The molecule has 2 unspecified atom stereocenters. The van der Waals surface area contributed by atoms with Crippen LogP contribution in [0, 0.1) is 11.8 Å². The fraction of sp³-hybridized carbons (Fsp3) is 0.714. The summed E-state index contributed by atoms with van der Waals surface area (Å²) in [5.74, 6) is 1.84. The Hall–Kier alpha value is -0.520. The van der Waals surface area contributed by atoms with E-state index in [1.165, 1.54) is 38.5 Å². The lowest BCUT2D eigenvalue weighted by Crippen LogP contribution is -2.07. The molecule has 0 saturated carbocycles. The van der Waals surface area contributed by atoms with E-state index in [4.69, 9.17) is 0 Å². The molecule has 0 spiro atoms. The van der Waals surface area contributed by atoms with Crippen molar-refractivity contribution in [1.29, 1.82) is 0 Å². The van der Waals surface area contributed by atoms with Gasteiger partial charge in [-0.1, -0.05) is 26.0 Å². The molecule has 0 heterocycles. The van der Waals surface area contributed by atoms with Crippen LogP contribution in [-0.4, -0.2) is 0 Å². The van der Waals surface area contributed by atoms with Gasteiger partial charge in [-0.3, -0.25) is 0 Å². The number of rotatable bonds is 1. The normalized spacial score (nSPS) is 33.6. The number of allylic oxidation sites excluding steroid dienone is 4. The summed E-state index contributed by atoms with van der Waals surface area (Å²) in [6, 6.07) is 0. The summed E-state index contributed by atoms with van der Waals surface area (Å²) in [7, 11) is 0. The molecule has 14 heavy (non-hydrogen) atoms. The van der Waals surface area contributed by atoms with Gasteiger partial charge in [-0.25, -0.2) is 0 Å². The molecule has 0 aromatic carbocycles. The maximum atomic E-state index is 2.50. The molecule has 0 amide bonds. The van der Waals surface area contributed by atoms with Gasteiger partial charge in [0.2, 0.25) is 0 Å². The van der Waals surface area contributed by atoms with E-state index in [0.717, 1.165) is 11.8 Å². The monoisotopic (exact) mass is 190 g/mol. The average Bonchev–Trinajstić information content (AvgIpc) is 2.21. The van der Waals surface area contributed by atoms with Gasteiger partial charge in [-0.05, 0) is 61.5 Å². The van der Waals surface area contributed by atoms with Crippen molar-refractivity contribution >= 4 is 0 Å². The molecule has 2 rings (SSSR count). The van der Waals surface area contributed by atoms with E-state index in [1.807, 2.05) is 0 Å². The Labute approximate surface area is 88.1 Å². The molecule has 0 aromatic rings. The molecule has 0 aliphatic heterocycles. The van der Waals surface area contributed by atoms with Gasteiger partial charge >= 0.3 is 0 Å². The highest BCUT2D eigenvalue weighted by atomic mass is 14.2. The minimum Gasteiger partial charge on any atom is -0.0808 e. The zero-order valence-corrected chi connectivity index (χ0v) is 9.55. The Morgan fingerprint density at radius 2 is 1.29 bits per heavy atom. The van der Waals surface area contributed by atoms with Gasteiger partial charge < -0.3 is 0 Å².